The first-order valence-corrected chi connectivity index (χ1v) is 11.3. The lowest BCUT2D eigenvalue weighted by molar-refractivity contribution is 0.0139. The molecular weight excluding hydrogens is 467 g/mol. The molecule has 1 aromatic carbocycles. The van der Waals surface area contributed by atoms with E-state index >= 15 is 0 Å². The van der Waals surface area contributed by atoms with E-state index in [9.17, 15) is 4.79 Å². The van der Waals surface area contributed by atoms with Gasteiger partial charge in [-0.05, 0) is 73.5 Å². The zero-order chi connectivity index (χ0) is 20.3. The predicted octanol–water partition coefficient (Wildman–Crippen LogP) is 3.06. The van der Waals surface area contributed by atoms with Crippen LogP contribution in [0.5, 0.6) is 0 Å². The molecule has 7 heteroatoms. The lowest BCUT2D eigenvalue weighted by Crippen LogP contribution is -2.49. The SMILES string of the molecule is Cc1c(I)cc(CN2CCN(C(=O)OC(C)(C)C)CC2)cc1N1CCNCC1. The third kappa shape index (κ3) is 5.73. The van der Waals surface area contributed by atoms with Gasteiger partial charge in [0.1, 0.15) is 5.60 Å². The molecule has 0 bridgehead atoms. The summed E-state index contributed by atoms with van der Waals surface area (Å²) >= 11 is 2.46. The van der Waals surface area contributed by atoms with E-state index in [1.165, 1.54) is 20.4 Å². The summed E-state index contributed by atoms with van der Waals surface area (Å²) in [7, 11) is 0. The number of rotatable bonds is 3. The Morgan fingerprint density at radius 2 is 1.75 bits per heavy atom. The monoisotopic (exact) mass is 500 g/mol. The van der Waals surface area contributed by atoms with Crippen LogP contribution in [0.3, 0.4) is 0 Å². The number of halogens is 1. The number of carbonyl (C=O) groups is 1. The molecule has 1 amide bonds. The second kappa shape index (κ2) is 9.17. The quantitative estimate of drug-likeness (QED) is 0.647. The average Bonchev–Trinajstić information content (AvgIpc) is 2.64. The van der Waals surface area contributed by atoms with Crippen LogP contribution in [-0.4, -0.2) is 73.9 Å². The summed E-state index contributed by atoms with van der Waals surface area (Å²) in [6.07, 6.45) is -0.196. The number of ether oxygens (including phenoxy) is 1. The molecule has 2 aliphatic rings. The Kier molecular flexibility index (Phi) is 7.09. The summed E-state index contributed by atoms with van der Waals surface area (Å²) in [6.45, 7) is 16.3. The van der Waals surface area contributed by atoms with Gasteiger partial charge in [0.25, 0.3) is 0 Å². The fraction of sp³-hybridized carbons (Fsp3) is 0.667. The molecule has 3 rings (SSSR count). The van der Waals surface area contributed by atoms with E-state index < -0.39 is 5.60 Å². The number of nitrogens with one attached hydrogen (secondary N) is 1. The first kappa shape index (κ1) is 21.6. The molecule has 28 heavy (non-hydrogen) atoms. The van der Waals surface area contributed by atoms with Gasteiger partial charge in [0.15, 0.2) is 0 Å². The van der Waals surface area contributed by atoms with Crippen LogP contribution in [-0.2, 0) is 11.3 Å². The molecule has 0 aliphatic carbocycles. The molecule has 0 saturated carbocycles. The minimum absolute atomic E-state index is 0.196. The highest BCUT2D eigenvalue weighted by atomic mass is 127. The van der Waals surface area contributed by atoms with E-state index in [1.807, 2.05) is 25.7 Å². The van der Waals surface area contributed by atoms with Crippen molar-refractivity contribution in [1.82, 2.24) is 15.1 Å². The molecule has 6 nitrogen and oxygen atoms in total. The normalized spacial score (nSPS) is 19.0. The zero-order valence-electron chi connectivity index (χ0n) is 17.6. The maximum Gasteiger partial charge on any atom is 0.410 e. The zero-order valence-corrected chi connectivity index (χ0v) is 19.7. The van der Waals surface area contributed by atoms with Gasteiger partial charge in [0.05, 0.1) is 0 Å². The van der Waals surface area contributed by atoms with Gasteiger partial charge in [-0.3, -0.25) is 4.90 Å². The minimum Gasteiger partial charge on any atom is -0.444 e. The van der Waals surface area contributed by atoms with Gasteiger partial charge in [-0.15, -0.1) is 0 Å². The number of hydrogen-bond donors (Lipinski definition) is 1. The Hall–Kier alpha value is -1.06. The van der Waals surface area contributed by atoms with Gasteiger partial charge in [-0.2, -0.15) is 0 Å². The summed E-state index contributed by atoms with van der Waals surface area (Å²) in [5, 5.41) is 3.43. The molecule has 1 aromatic rings. The highest BCUT2D eigenvalue weighted by Gasteiger charge is 2.26. The summed E-state index contributed by atoms with van der Waals surface area (Å²) in [6, 6.07) is 4.67. The molecule has 0 spiro atoms. The second-order valence-corrected chi connectivity index (χ2v) is 9.86. The van der Waals surface area contributed by atoms with Crippen molar-refractivity contribution < 1.29 is 9.53 Å². The van der Waals surface area contributed by atoms with Crippen molar-refractivity contribution in [2.45, 2.75) is 39.8 Å². The first-order valence-electron chi connectivity index (χ1n) is 10.2. The van der Waals surface area contributed by atoms with Gasteiger partial charge in [0.2, 0.25) is 0 Å². The van der Waals surface area contributed by atoms with E-state index in [2.05, 4.69) is 56.8 Å². The van der Waals surface area contributed by atoms with Crippen LogP contribution in [0.2, 0.25) is 0 Å². The van der Waals surface area contributed by atoms with Gasteiger partial charge in [-0.1, -0.05) is 0 Å². The van der Waals surface area contributed by atoms with Crippen LogP contribution in [0.1, 0.15) is 31.9 Å². The number of benzene rings is 1. The number of amides is 1. The van der Waals surface area contributed by atoms with Gasteiger partial charge in [-0.25, -0.2) is 4.79 Å². The highest BCUT2D eigenvalue weighted by Crippen LogP contribution is 2.28. The third-order valence-electron chi connectivity index (χ3n) is 5.26. The van der Waals surface area contributed by atoms with Crippen LogP contribution in [0.25, 0.3) is 0 Å². The van der Waals surface area contributed by atoms with Crippen molar-refractivity contribution in [3.63, 3.8) is 0 Å². The Bertz CT molecular complexity index is 690. The van der Waals surface area contributed by atoms with E-state index in [4.69, 9.17) is 4.74 Å². The van der Waals surface area contributed by atoms with Crippen molar-refractivity contribution in [2.24, 2.45) is 0 Å². The second-order valence-electron chi connectivity index (χ2n) is 8.70. The standard InChI is InChI=1S/C21H33IN4O2/c1-16-18(22)13-17(14-19(16)25-7-5-23-6-8-25)15-24-9-11-26(12-10-24)20(27)28-21(2,3)4/h13-14,23H,5-12,15H2,1-4H3. The molecule has 2 saturated heterocycles. The highest BCUT2D eigenvalue weighted by molar-refractivity contribution is 14.1. The third-order valence-corrected chi connectivity index (χ3v) is 6.39. The maximum absolute atomic E-state index is 12.3. The molecule has 2 fully saturated rings. The number of carbonyl (C=O) groups excluding carboxylic acids is 1. The van der Waals surface area contributed by atoms with Crippen molar-refractivity contribution in [1.29, 1.82) is 0 Å². The van der Waals surface area contributed by atoms with Crippen molar-refractivity contribution in [3.05, 3.63) is 26.8 Å². The van der Waals surface area contributed by atoms with Crippen LogP contribution >= 0.6 is 22.6 Å². The van der Waals surface area contributed by atoms with E-state index in [-0.39, 0.29) is 6.09 Å². The fourth-order valence-corrected chi connectivity index (χ4v) is 4.39. The van der Waals surface area contributed by atoms with Crippen LogP contribution in [0.4, 0.5) is 10.5 Å². The lowest BCUT2D eigenvalue weighted by Gasteiger charge is -2.36. The van der Waals surface area contributed by atoms with Crippen LogP contribution in [0, 0.1) is 10.5 Å². The number of nitrogens with zero attached hydrogens (tertiary/aromatic N) is 3. The maximum atomic E-state index is 12.3. The van der Waals surface area contributed by atoms with Crippen LogP contribution < -0.4 is 10.2 Å². The minimum atomic E-state index is -0.437. The number of piperazine rings is 2. The predicted molar refractivity (Wildman–Crippen MR) is 122 cm³/mol. The van der Waals surface area contributed by atoms with Gasteiger partial charge < -0.3 is 19.9 Å². The van der Waals surface area contributed by atoms with Crippen LogP contribution in [0.15, 0.2) is 12.1 Å². The molecule has 2 heterocycles. The molecule has 0 atom stereocenters. The van der Waals surface area contributed by atoms with E-state index in [0.717, 1.165) is 58.9 Å². The molecule has 2 aliphatic heterocycles. The molecule has 156 valence electrons. The Morgan fingerprint density at radius 1 is 1.11 bits per heavy atom. The van der Waals surface area contributed by atoms with Crippen molar-refractivity contribution in [3.8, 4) is 0 Å². The molecular formula is C21H33IN4O2. The number of anilines is 1. The van der Waals surface area contributed by atoms with E-state index in [0.29, 0.717) is 0 Å². The smallest absolute Gasteiger partial charge is 0.410 e. The Balaban J connectivity index is 1.60. The molecule has 0 aromatic heterocycles. The topological polar surface area (TPSA) is 48.1 Å². The lowest BCUT2D eigenvalue weighted by atomic mass is 10.1. The van der Waals surface area contributed by atoms with E-state index in [1.54, 1.807) is 0 Å². The molecule has 0 radical (unpaired) electrons. The number of hydrogen-bond acceptors (Lipinski definition) is 5. The largest absolute Gasteiger partial charge is 0.444 e. The Labute approximate surface area is 182 Å². The fourth-order valence-electron chi connectivity index (χ4n) is 3.72. The first-order chi connectivity index (χ1) is 13.2. The molecule has 0 unspecified atom stereocenters. The van der Waals surface area contributed by atoms with Gasteiger partial charge >= 0.3 is 6.09 Å². The summed E-state index contributed by atoms with van der Waals surface area (Å²) in [5.41, 5.74) is 3.67. The summed E-state index contributed by atoms with van der Waals surface area (Å²) in [4.78, 5) is 19.0. The summed E-state index contributed by atoms with van der Waals surface area (Å²) in [5.74, 6) is 0. The summed E-state index contributed by atoms with van der Waals surface area (Å²) < 4.78 is 6.83. The average molecular weight is 500 g/mol. The van der Waals surface area contributed by atoms with Crippen molar-refractivity contribution in [2.75, 3.05) is 57.3 Å². The van der Waals surface area contributed by atoms with Crippen molar-refractivity contribution >= 4 is 34.4 Å². The van der Waals surface area contributed by atoms with Gasteiger partial charge in [0, 0.05) is 68.2 Å². The molecule has 1 N–H and O–H groups in total. The Morgan fingerprint density at radius 3 is 2.36 bits per heavy atom.